The van der Waals surface area contributed by atoms with E-state index in [1.54, 1.807) is 29.2 Å². The fraction of sp³-hybridized carbons (Fsp3) is 0.250. The molecule has 2 aromatic rings. The third-order valence-corrected chi connectivity index (χ3v) is 4.44. The molecule has 0 aliphatic carbocycles. The summed E-state index contributed by atoms with van der Waals surface area (Å²) >= 11 is 0. The zero-order chi connectivity index (χ0) is 18.7. The normalized spacial score (nSPS) is 12.5. The second kappa shape index (κ2) is 7.39. The molecule has 0 saturated heterocycles. The van der Waals surface area contributed by atoms with Crippen molar-refractivity contribution in [3.05, 3.63) is 59.7 Å². The zero-order valence-corrected chi connectivity index (χ0v) is 14.8. The maximum atomic E-state index is 12.8. The van der Waals surface area contributed by atoms with E-state index in [0.717, 1.165) is 17.7 Å². The molecule has 2 amide bonds. The first kappa shape index (κ1) is 17.7. The molecule has 1 aliphatic rings. The van der Waals surface area contributed by atoms with Crippen LogP contribution >= 0.6 is 0 Å². The number of carbonyl (C=O) groups is 3. The van der Waals surface area contributed by atoms with Crippen molar-refractivity contribution >= 4 is 29.2 Å². The van der Waals surface area contributed by atoms with Crippen LogP contribution in [0.25, 0.3) is 0 Å². The fourth-order valence-electron chi connectivity index (χ4n) is 3.12. The molecular weight excluding hydrogens is 332 g/mol. The predicted molar refractivity (Wildman–Crippen MR) is 98.3 cm³/mol. The lowest BCUT2D eigenvalue weighted by Gasteiger charge is -2.25. The number of anilines is 2. The van der Waals surface area contributed by atoms with E-state index >= 15 is 0 Å². The van der Waals surface area contributed by atoms with Gasteiger partial charge in [-0.2, -0.15) is 0 Å². The molecule has 26 heavy (non-hydrogen) atoms. The maximum Gasteiger partial charge on any atom is 0.337 e. The first-order valence-corrected chi connectivity index (χ1v) is 8.36. The Bertz CT molecular complexity index is 862. The van der Waals surface area contributed by atoms with Crippen LogP contribution < -0.4 is 9.80 Å². The van der Waals surface area contributed by atoms with Gasteiger partial charge >= 0.3 is 5.97 Å². The van der Waals surface area contributed by atoms with Crippen molar-refractivity contribution in [3.63, 3.8) is 0 Å². The fourth-order valence-corrected chi connectivity index (χ4v) is 3.12. The first-order chi connectivity index (χ1) is 12.5. The lowest BCUT2D eigenvalue weighted by atomic mass is 10.1. The molecular formula is C20H20N2O4. The summed E-state index contributed by atoms with van der Waals surface area (Å²) in [7, 11) is 1.30. The minimum absolute atomic E-state index is 0.0890. The molecule has 6 heteroatoms. The first-order valence-electron chi connectivity index (χ1n) is 8.36. The van der Waals surface area contributed by atoms with Crippen molar-refractivity contribution in [3.8, 4) is 0 Å². The summed E-state index contributed by atoms with van der Waals surface area (Å²) in [5.74, 6) is -0.920. The number of amides is 2. The molecule has 0 atom stereocenters. The van der Waals surface area contributed by atoms with Crippen LogP contribution in [0.2, 0.25) is 0 Å². The molecule has 0 unspecified atom stereocenters. The molecule has 0 N–H and O–H groups in total. The number of hydrogen-bond acceptors (Lipinski definition) is 4. The zero-order valence-electron chi connectivity index (χ0n) is 14.8. The summed E-state index contributed by atoms with van der Waals surface area (Å²) in [6.07, 6.45) is 0.805. The molecule has 6 nitrogen and oxygen atoms in total. The van der Waals surface area contributed by atoms with Gasteiger partial charge in [-0.15, -0.1) is 0 Å². The Balaban J connectivity index is 1.83. The molecule has 0 aromatic heterocycles. The Hall–Kier alpha value is -3.15. The van der Waals surface area contributed by atoms with E-state index < -0.39 is 5.97 Å². The van der Waals surface area contributed by atoms with Crippen molar-refractivity contribution in [1.82, 2.24) is 0 Å². The number of benzene rings is 2. The van der Waals surface area contributed by atoms with Crippen molar-refractivity contribution in [1.29, 1.82) is 0 Å². The van der Waals surface area contributed by atoms with Gasteiger partial charge in [0, 0.05) is 24.8 Å². The van der Waals surface area contributed by atoms with E-state index in [1.807, 2.05) is 24.3 Å². The summed E-state index contributed by atoms with van der Waals surface area (Å²) in [6.45, 7) is 1.91. The van der Waals surface area contributed by atoms with Crippen molar-refractivity contribution in [2.24, 2.45) is 0 Å². The van der Waals surface area contributed by atoms with Gasteiger partial charge in [-0.05, 0) is 36.2 Å². The number of carbonyl (C=O) groups excluding carboxylic acids is 3. The minimum atomic E-state index is -0.491. The van der Waals surface area contributed by atoms with E-state index in [1.165, 1.54) is 18.9 Å². The highest BCUT2D eigenvalue weighted by Gasteiger charge is 2.27. The van der Waals surface area contributed by atoms with Gasteiger partial charge in [0.2, 0.25) is 11.8 Å². The predicted octanol–water partition coefficient (Wildman–Crippen LogP) is 2.42. The number of rotatable bonds is 4. The molecule has 1 aliphatic heterocycles. The minimum Gasteiger partial charge on any atom is -0.465 e. The number of methoxy groups -OCH3 is 1. The van der Waals surface area contributed by atoms with Gasteiger partial charge in [0.15, 0.2) is 0 Å². The summed E-state index contributed by atoms with van der Waals surface area (Å²) < 4.78 is 4.72. The number of esters is 1. The van der Waals surface area contributed by atoms with Crippen LogP contribution in [0.1, 0.15) is 22.8 Å². The SMILES string of the molecule is COC(=O)c1cccc(N(CC(=O)N2CCc3ccccc32)C(C)=O)c1. The molecule has 2 aromatic carbocycles. The van der Waals surface area contributed by atoms with Crippen LogP contribution in [0.5, 0.6) is 0 Å². The summed E-state index contributed by atoms with van der Waals surface area (Å²) in [5, 5.41) is 0. The summed E-state index contributed by atoms with van der Waals surface area (Å²) in [6, 6.07) is 14.3. The van der Waals surface area contributed by atoms with E-state index in [4.69, 9.17) is 4.74 Å². The molecule has 0 bridgehead atoms. The number of para-hydroxylation sites is 1. The monoisotopic (exact) mass is 352 g/mol. The second-order valence-corrected chi connectivity index (χ2v) is 6.07. The van der Waals surface area contributed by atoms with Gasteiger partial charge in [-0.1, -0.05) is 24.3 Å². The summed E-state index contributed by atoms with van der Waals surface area (Å²) in [4.78, 5) is 39.7. The van der Waals surface area contributed by atoms with E-state index in [2.05, 4.69) is 0 Å². The average molecular weight is 352 g/mol. The smallest absolute Gasteiger partial charge is 0.337 e. The van der Waals surface area contributed by atoms with Gasteiger partial charge in [-0.25, -0.2) is 4.79 Å². The quantitative estimate of drug-likeness (QED) is 0.793. The molecule has 0 spiro atoms. The van der Waals surface area contributed by atoms with Crippen LogP contribution in [0.15, 0.2) is 48.5 Å². The topological polar surface area (TPSA) is 66.9 Å². The molecule has 134 valence electrons. The average Bonchev–Trinajstić information content (AvgIpc) is 3.09. The van der Waals surface area contributed by atoms with E-state index in [-0.39, 0.29) is 18.4 Å². The van der Waals surface area contributed by atoms with Gasteiger partial charge in [0.05, 0.1) is 12.7 Å². The van der Waals surface area contributed by atoms with Gasteiger partial charge in [-0.3, -0.25) is 9.59 Å². The lowest BCUT2D eigenvalue weighted by Crippen LogP contribution is -2.41. The van der Waals surface area contributed by atoms with Crippen LogP contribution in [-0.4, -0.2) is 38.0 Å². The second-order valence-electron chi connectivity index (χ2n) is 6.07. The van der Waals surface area contributed by atoms with Crippen molar-refractivity contribution < 1.29 is 19.1 Å². The highest BCUT2D eigenvalue weighted by Crippen LogP contribution is 2.28. The van der Waals surface area contributed by atoms with E-state index in [0.29, 0.717) is 17.8 Å². The van der Waals surface area contributed by atoms with E-state index in [9.17, 15) is 14.4 Å². The largest absolute Gasteiger partial charge is 0.465 e. The Morgan fingerprint density at radius 3 is 2.62 bits per heavy atom. The Morgan fingerprint density at radius 2 is 1.88 bits per heavy atom. The maximum absolute atomic E-state index is 12.8. The van der Waals surface area contributed by atoms with Crippen molar-refractivity contribution in [2.75, 3.05) is 30.0 Å². The van der Waals surface area contributed by atoms with Crippen LogP contribution in [-0.2, 0) is 20.7 Å². The molecule has 3 rings (SSSR count). The Labute approximate surface area is 152 Å². The molecule has 1 heterocycles. The number of fused-ring (bicyclic) bond motifs is 1. The van der Waals surface area contributed by atoms with Crippen LogP contribution in [0.4, 0.5) is 11.4 Å². The standard InChI is InChI=1S/C20H20N2O4/c1-14(23)22(17-8-5-7-16(12-17)20(25)26-2)13-19(24)21-11-10-15-6-3-4-9-18(15)21/h3-9,12H,10-11,13H2,1-2H3. The molecule has 0 fully saturated rings. The number of ether oxygens (including phenoxy) is 1. The van der Waals surface area contributed by atoms with Crippen LogP contribution in [0.3, 0.4) is 0 Å². The third kappa shape index (κ3) is 3.44. The Kier molecular flexibility index (Phi) is 5.02. The van der Waals surface area contributed by atoms with Gasteiger partial charge < -0.3 is 14.5 Å². The third-order valence-electron chi connectivity index (χ3n) is 4.44. The summed E-state index contributed by atoms with van der Waals surface area (Å²) in [5.41, 5.74) is 2.84. The van der Waals surface area contributed by atoms with Crippen LogP contribution in [0, 0.1) is 0 Å². The molecule has 0 saturated carbocycles. The highest BCUT2D eigenvalue weighted by atomic mass is 16.5. The number of nitrogens with zero attached hydrogens (tertiary/aromatic N) is 2. The Morgan fingerprint density at radius 1 is 1.12 bits per heavy atom. The lowest BCUT2D eigenvalue weighted by molar-refractivity contribution is -0.121. The van der Waals surface area contributed by atoms with Gasteiger partial charge in [0.25, 0.3) is 0 Å². The van der Waals surface area contributed by atoms with Gasteiger partial charge in [0.1, 0.15) is 6.54 Å². The number of hydrogen-bond donors (Lipinski definition) is 0. The highest BCUT2D eigenvalue weighted by molar-refractivity contribution is 6.04. The molecule has 0 radical (unpaired) electrons. The van der Waals surface area contributed by atoms with Crippen molar-refractivity contribution in [2.45, 2.75) is 13.3 Å².